The Bertz CT molecular complexity index is 430. The molecule has 0 radical (unpaired) electrons. The number of carbonyl (C=O) groups is 1. The normalized spacial score (nSPS) is 23.7. The smallest absolute Gasteiger partial charge is 0.306 e. The van der Waals surface area contributed by atoms with E-state index < -0.39 is 5.97 Å². The van der Waals surface area contributed by atoms with Crippen LogP contribution in [0.4, 0.5) is 5.69 Å². The van der Waals surface area contributed by atoms with Crippen LogP contribution in [-0.4, -0.2) is 17.1 Å². The van der Waals surface area contributed by atoms with Crippen LogP contribution in [0.3, 0.4) is 0 Å². The van der Waals surface area contributed by atoms with Crippen LogP contribution in [0.25, 0.3) is 0 Å². The molecular weight excluding hydrogens is 362 g/mol. The number of hydrogen-bond acceptors (Lipinski definition) is 2. The first kappa shape index (κ1) is 13.9. The summed E-state index contributed by atoms with van der Waals surface area (Å²) in [5, 5.41) is 12.5. The van der Waals surface area contributed by atoms with Crippen molar-refractivity contribution in [1.29, 1.82) is 0 Å². The monoisotopic (exact) mass is 375 g/mol. The van der Waals surface area contributed by atoms with Gasteiger partial charge >= 0.3 is 5.97 Å². The number of aliphatic carboxylic acids is 1. The van der Waals surface area contributed by atoms with Crippen molar-refractivity contribution in [3.63, 3.8) is 0 Å². The van der Waals surface area contributed by atoms with E-state index in [1.165, 1.54) is 0 Å². The lowest BCUT2D eigenvalue weighted by Crippen LogP contribution is -2.31. The summed E-state index contributed by atoms with van der Waals surface area (Å²) in [6, 6.07) is 6.14. The average molecular weight is 377 g/mol. The van der Waals surface area contributed by atoms with Gasteiger partial charge in [-0.15, -0.1) is 0 Å². The molecule has 1 saturated carbocycles. The van der Waals surface area contributed by atoms with E-state index in [2.05, 4.69) is 37.2 Å². The summed E-state index contributed by atoms with van der Waals surface area (Å²) in [7, 11) is 0. The van der Waals surface area contributed by atoms with Gasteiger partial charge in [0.25, 0.3) is 0 Å². The highest BCUT2D eigenvalue weighted by molar-refractivity contribution is 9.11. The number of carboxylic acids is 1. The van der Waals surface area contributed by atoms with Gasteiger partial charge in [-0.25, -0.2) is 0 Å². The molecule has 2 rings (SSSR count). The highest BCUT2D eigenvalue weighted by atomic mass is 79.9. The van der Waals surface area contributed by atoms with E-state index in [1.807, 2.05) is 18.2 Å². The molecular formula is C13H15Br2NO2. The van der Waals surface area contributed by atoms with Crippen molar-refractivity contribution in [2.24, 2.45) is 5.92 Å². The zero-order valence-corrected chi connectivity index (χ0v) is 13.0. The molecule has 3 nitrogen and oxygen atoms in total. The van der Waals surface area contributed by atoms with E-state index in [0.717, 1.165) is 33.9 Å². The van der Waals surface area contributed by atoms with Crippen LogP contribution >= 0.6 is 31.9 Å². The van der Waals surface area contributed by atoms with Crippen LogP contribution in [0.5, 0.6) is 0 Å². The van der Waals surface area contributed by atoms with Gasteiger partial charge in [-0.1, -0.05) is 12.5 Å². The Hall–Kier alpha value is -0.550. The molecule has 0 amide bonds. The van der Waals surface area contributed by atoms with Gasteiger partial charge in [-0.3, -0.25) is 4.79 Å². The van der Waals surface area contributed by atoms with E-state index in [0.29, 0.717) is 6.42 Å². The highest BCUT2D eigenvalue weighted by Crippen LogP contribution is 2.34. The average Bonchev–Trinajstić information content (AvgIpc) is 2.34. The first-order valence-electron chi connectivity index (χ1n) is 6.01. The second-order valence-electron chi connectivity index (χ2n) is 4.64. The third-order valence-corrected chi connectivity index (χ3v) is 4.66. The van der Waals surface area contributed by atoms with Gasteiger partial charge in [-0.2, -0.15) is 0 Å². The minimum atomic E-state index is -0.673. The Labute approximate surface area is 123 Å². The molecule has 1 fully saturated rings. The summed E-state index contributed by atoms with van der Waals surface area (Å²) < 4.78 is 1.99. The van der Waals surface area contributed by atoms with Crippen molar-refractivity contribution < 1.29 is 9.90 Å². The summed E-state index contributed by atoms with van der Waals surface area (Å²) in [6.45, 7) is 0. The Kier molecular flexibility index (Phi) is 4.67. The van der Waals surface area contributed by atoms with Gasteiger partial charge in [0.05, 0.1) is 11.6 Å². The van der Waals surface area contributed by atoms with Gasteiger partial charge in [0, 0.05) is 15.0 Å². The Morgan fingerprint density at radius 1 is 1.28 bits per heavy atom. The summed E-state index contributed by atoms with van der Waals surface area (Å²) in [6.07, 6.45) is 3.49. The molecule has 2 N–H and O–H groups in total. The predicted molar refractivity (Wildman–Crippen MR) is 78.8 cm³/mol. The molecule has 0 saturated heterocycles. The SMILES string of the molecule is O=C(O)C1CCCC(Nc2c(Br)cccc2Br)C1. The molecule has 1 aliphatic rings. The first-order valence-corrected chi connectivity index (χ1v) is 7.60. The number of anilines is 1. The Balaban J connectivity index is 2.07. The maximum atomic E-state index is 11.0. The van der Waals surface area contributed by atoms with Crippen molar-refractivity contribution >= 4 is 43.5 Å². The predicted octanol–water partition coefficient (Wildman–Crippen LogP) is 4.27. The fourth-order valence-corrected chi connectivity index (χ4v) is 3.61. The van der Waals surface area contributed by atoms with Gasteiger partial charge in [-0.05, 0) is 63.3 Å². The molecule has 18 heavy (non-hydrogen) atoms. The molecule has 2 unspecified atom stereocenters. The number of halogens is 2. The number of benzene rings is 1. The summed E-state index contributed by atoms with van der Waals surface area (Å²) in [4.78, 5) is 11.0. The molecule has 5 heteroatoms. The molecule has 0 heterocycles. The van der Waals surface area contributed by atoms with Gasteiger partial charge in [0.15, 0.2) is 0 Å². The summed E-state index contributed by atoms with van der Waals surface area (Å²) >= 11 is 7.02. The van der Waals surface area contributed by atoms with Crippen molar-refractivity contribution in [3.8, 4) is 0 Å². The molecule has 1 aromatic rings. The van der Waals surface area contributed by atoms with Crippen LogP contribution in [0.1, 0.15) is 25.7 Å². The van der Waals surface area contributed by atoms with E-state index in [4.69, 9.17) is 5.11 Å². The number of rotatable bonds is 3. The van der Waals surface area contributed by atoms with Crippen LogP contribution in [0.2, 0.25) is 0 Å². The van der Waals surface area contributed by atoms with Gasteiger partial charge in [0.1, 0.15) is 0 Å². The Morgan fingerprint density at radius 2 is 1.94 bits per heavy atom. The lowest BCUT2D eigenvalue weighted by molar-refractivity contribution is -0.142. The molecule has 0 aromatic heterocycles. The van der Waals surface area contributed by atoms with Gasteiger partial charge in [0.2, 0.25) is 0 Å². The summed E-state index contributed by atoms with van der Waals surface area (Å²) in [5.41, 5.74) is 1.01. The minimum absolute atomic E-state index is 0.211. The number of hydrogen-bond donors (Lipinski definition) is 2. The molecule has 1 aromatic carbocycles. The lowest BCUT2D eigenvalue weighted by atomic mass is 9.85. The molecule has 98 valence electrons. The quantitative estimate of drug-likeness (QED) is 0.828. The number of para-hydroxylation sites is 1. The van der Waals surface area contributed by atoms with Crippen molar-refractivity contribution in [2.45, 2.75) is 31.7 Å². The molecule has 1 aliphatic carbocycles. The summed E-state index contributed by atoms with van der Waals surface area (Å²) in [5.74, 6) is -0.884. The third-order valence-electron chi connectivity index (χ3n) is 3.33. The largest absolute Gasteiger partial charge is 0.481 e. The maximum absolute atomic E-state index is 11.0. The van der Waals surface area contributed by atoms with Crippen molar-refractivity contribution in [2.75, 3.05) is 5.32 Å². The molecule has 0 aliphatic heterocycles. The van der Waals surface area contributed by atoms with E-state index >= 15 is 0 Å². The van der Waals surface area contributed by atoms with Crippen LogP contribution in [-0.2, 0) is 4.79 Å². The Morgan fingerprint density at radius 3 is 2.56 bits per heavy atom. The van der Waals surface area contributed by atoms with Crippen LogP contribution < -0.4 is 5.32 Å². The lowest BCUT2D eigenvalue weighted by Gasteiger charge is -2.28. The number of carboxylic acid groups (broad SMARTS) is 1. The first-order chi connectivity index (χ1) is 8.58. The van der Waals surface area contributed by atoms with E-state index in [-0.39, 0.29) is 12.0 Å². The standard InChI is InChI=1S/C13H15Br2NO2/c14-10-5-2-6-11(15)12(10)16-9-4-1-3-8(7-9)13(17)18/h2,5-6,8-9,16H,1,3-4,7H2,(H,17,18). The zero-order valence-electron chi connectivity index (χ0n) is 9.83. The molecule has 2 atom stereocenters. The maximum Gasteiger partial charge on any atom is 0.306 e. The molecule has 0 spiro atoms. The van der Waals surface area contributed by atoms with Crippen LogP contribution in [0, 0.1) is 5.92 Å². The zero-order chi connectivity index (χ0) is 13.1. The van der Waals surface area contributed by atoms with Crippen LogP contribution in [0.15, 0.2) is 27.1 Å². The fourth-order valence-electron chi connectivity index (χ4n) is 2.39. The van der Waals surface area contributed by atoms with Crippen molar-refractivity contribution in [1.82, 2.24) is 0 Å². The minimum Gasteiger partial charge on any atom is -0.481 e. The van der Waals surface area contributed by atoms with E-state index in [9.17, 15) is 4.79 Å². The second-order valence-corrected chi connectivity index (χ2v) is 6.35. The number of nitrogens with one attached hydrogen (secondary N) is 1. The van der Waals surface area contributed by atoms with E-state index in [1.54, 1.807) is 0 Å². The second kappa shape index (κ2) is 6.06. The van der Waals surface area contributed by atoms with Gasteiger partial charge < -0.3 is 10.4 Å². The van der Waals surface area contributed by atoms with Crippen molar-refractivity contribution in [3.05, 3.63) is 27.1 Å². The third kappa shape index (κ3) is 3.26. The topological polar surface area (TPSA) is 49.3 Å². The molecule has 0 bridgehead atoms. The highest BCUT2D eigenvalue weighted by Gasteiger charge is 2.27. The fraction of sp³-hybridized carbons (Fsp3) is 0.462.